The van der Waals surface area contributed by atoms with Crippen LogP contribution in [0.4, 0.5) is 5.69 Å². The summed E-state index contributed by atoms with van der Waals surface area (Å²) in [5.41, 5.74) is 0.697. The van der Waals surface area contributed by atoms with Crippen molar-refractivity contribution in [3.8, 4) is 0 Å². The minimum Gasteiger partial charge on any atom is -0.461 e. The monoisotopic (exact) mass is 360 g/mol. The van der Waals surface area contributed by atoms with Crippen LogP contribution in [0.3, 0.4) is 0 Å². The number of nitrogens with one attached hydrogen (secondary N) is 2. The molecule has 4 nitrogen and oxygen atoms in total. The molecular weight excluding hydrogens is 340 g/mol. The molecule has 22 heavy (non-hydrogen) atoms. The number of carbonyl (C=O) groups excluding carboxylic acids is 1. The van der Waals surface area contributed by atoms with Crippen LogP contribution in [0.2, 0.25) is 5.02 Å². The van der Waals surface area contributed by atoms with E-state index in [0.717, 1.165) is 5.75 Å². The summed E-state index contributed by atoms with van der Waals surface area (Å²) < 4.78 is 5.26. The Morgan fingerprint density at radius 1 is 1.41 bits per heavy atom. The zero-order chi connectivity index (χ0) is 16.5. The maximum atomic E-state index is 12.1. The minimum atomic E-state index is -0.475. The Morgan fingerprint density at radius 3 is 2.68 bits per heavy atom. The fraction of sp³-hybridized carbons (Fsp3) is 0.467. The third kappa shape index (κ3) is 6.85. The van der Waals surface area contributed by atoms with Crippen molar-refractivity contribution in [1.82, 2.24) is 5.32 Å². The lowest BCUT2D eigenvalue weighted by molar-refractivity contribution is -0.149. The van der Waals surface area contributed by atoms with Crippen LogP contribution < -0.4 is 10.6 Å². The zero-order valence-corrected chi connectivity index (χ0v) is 15.3. The Kier molecular flexibility index (Phi) is 8.60. The van der Waals surface area contributed by atoms with Crippen LogP contribution in [0, 0.1) is 0 Å². The summed E-state index contributed by atoms with van der Waals surface area (Å²) in [4.78, 5) is 12.1. The van der Waals surface area contributed by atoms with E-state index in [0.29, 0.717) is 22.2 Å². The van der Waals surface area contributed by atoms with Crippen molar-refractivity contribution in [1.29, 1.82) is 0 Å². The first-order valence-electron chi connectivity index (χ1n) is 6.95. The predicted molar refractivity (Wildman–Crippen MR) is 98.8 cm³/mol. The van der Waals surface area contributed by atoms with Crippen LogP contribution in [0.5, 0.6) is 0 Å². The summed E-state index contributed by atoms with van der Waals surface area (Å²) in [5, 5.41) is 6.92. The molecule has 7 heteroatoms. The van der Waals surface area contributed by atoms with Crippen LogP contribution in [-0.4, -0.2) is 35.2 Å². The first-order valence-corrected chi connectivity index (χ1v) is 9.13. The van der Waals surface area contributed by atoms with E-state index in [1.807, 2.05) is 38.3 Å². The number of rotatable bonds is 7. The fourth-order valence-corrected chi connectivity index (χ4v) is 2.58. The molecule has 0 radical (unpaired) electrons. The normalized spacial score (nSPS) is 11.9. The van der Waals surface area contributed by atoms with Gasteiger partial charge in [-0.3, -0.25) is 0 Å². The number of ether oxygens (including phenoxy) is 1. The van der Waals surface area contributed by atoms with Crippen LogP contribution in [0.15, 0.2) is 24.3 Å². The van der Waals surface area contributed by atoms with E-state index in [2.05, 4.69) is 10.6 Å². The SMILES string of the molecule is CSCCC(NC(=S)Nc1ccccc1Cl)C(=O)OC(C)C. The standard InChI is InChI=1S/C15H21ClN2O2S2/c1-10(2)20-14(19)13(8-9-22-3)18-15(21)17-12-7-5-4-6-11(12)16/h4-7,10,13H,8-9H2,1-3H3,(H2,17,18,21). The Bertz CT molecular complexity index is 512. The Morgan fingerprint density at radius 2 is 2.09 bits per heavy atom. The van der Waals surface area contributed by atoms with Gasteiger partial charge in [0, 0.05) is 0 Å². The lowest BCUT2D eigenvalue weighted by Gasteiger charge is -2.21. The van der Waals surface area contributed by atoms with Crippen LogP contribution in [0.25, 0.3) is 0 Å². The average molecular weight is 361 g/mol. The van der Waals surface area contributed by atoms with Gasteiger partial charge in [-0.05, 0) is 56.6 Å². The number of thioether (sulfide) groups is 1. The van der Waals surface area contributed by atoms with Gasteiger partial charge in [-0.25, -0.2) is 4.79 Å². The van der Waals surface area contributed by atoms with Gasteiger partial charge in [0.2, 0.25) is 0 Å². The molecule has 0 fully saturated rings. The summed E-state index contributed by atoms with van der Waals surface area (Å²) in [6.45, 7) is 3.65. The van der Waals surface area contributed by atoms with Gasteiger partial charge in [-0.15, -0.1) is 0 Å². The molecule has 1 aromatic carbocycles. The van der Waals surface area contributed by atoms with Gasteiger partial charge in [0.25, 0.3) is 0 Å². The molecule has 0 aliphatic heterocycles. The van der Waals surface area contributed by atoms with Gasteiger partial charge >= 0.3 is 5.97 Å². The molecule has 0 saturated heterocycles. The van der Waals surface area contributed by atoms with Gasteiger partial charge in [0.15, 0.2) is 5.11 Å². The van der Waals surface area contributed by atoms with E-state index in [9.17, 15) is 4.79 Å². The Labute approximate surface area is 146 Å². The number of anilines is 1. The molecule has 0 aromatic heterocycles. The van der Waals surface area contributed by atoms with Gasteiger partial charge in [-0.2, -0.15) is 11.8 Å². The molecule has 0 aliphatic rings. The smallest absolute Gasteiger partial charge is 0.328 e. The fourth-order valence-electron chi connectivity index (χ4n) is 1.68. The average Bonchev–Trinajstić information content (AvgIpc) is 2.45. The largest absolute Gasteiger partial charge is 0.461 e. The van der Waals surface area contributed by atoms with Gasteiger partial charge in [-0.1, -0.05) is 23.7 Å². The first kappa shape index (κ1) is 19.1. The molecule has 1 aromatic rings. The van der Waals surface area contributed by atoms with Crippen molar-refractivity contribution >= 4 is 52.3 Å². The van der Waals surface area contributed by atoms with Gasteiger partial charge < -0.3 is 15.4 Å². The van der Waals surface area contributed by atoms with Crippen molar-refractivity contribution in [2.45, 2.75) is 32.4 Å². The van der Waals surface area contributed by atoms with E-state index < -0.39 is 6.04 Å². The summed E-state index contributed by atoms with van der Waals surface area (Å²) >= 11 is 13.0. The van der Waals surface area contributed by atoms with Gasteiger partial charge in [0.1, 0.15) is 6.04 Å². The zero-order valence-electron chi connectivity index (χ0n) is 12.9. The van der Waals surface area contributed by atoms with Crippen molar-refractivity contribution in [3.63, 3.8) is 0 Å². The van der Waals surface area contributed by atoms with Gasteiger partial charge in [0.05, 0.1) is 16.8 Å². The van der Waals surface area contributed by atoms with Crippen LogP contribution in [0.1, 0.15) is 20.3 Å². The molecule has 2 N–H and O–H groups in total. The third-order valence-corrected chi connectivity index (χ3v) is 3.87. The van der Waals surface area contributed by atoms with E-state index in [-0.39, 0.29) is 12.1 Å². The lowest BCUT2D eigenvalue weighted by Crippen LogP contribution is -2.44. The second kappa shape index (κ2) is 9.92. The molecular formula is C15H21ClN2O2S2. The minimum absolute atomic E-state index is 0.156. The molecule has 0 amide bonds. The van der Waals surface area contributed by atoms with Crippen LogP contribution >= 0.6 is 35.6 Å². The molecule has 0 spiro atoms. The van der Waals surface area contributed by atoms with Crippen LogP contribution in [-0.2, 0) is 9.53 Å². The molecule has 1 unspecified atom stereocenters. The predicted octanol–water partition coefficient (Wildman–Crippen LogP) is 3.70. The summed E-state index contributed by atoms with van der Waals surface area (Å²) in [6.07, 6.45) is 2.47. The topological polar surface area (TPSA) is 50.4 Å². The molecule has 0 saturated carbocycles. The van der Waals surface area contributed by atoms with Crippen molar-refractivity contribution < 1.29 is 9.53 Å². The van der Waals surface area contributed by atoms with E-state index >= 15 is 0 Å². The second-order valence-corrected chi connectivity index (χ2v) is 6.70. The summed E-state index contributed by atoms with van der Waals surface area (Å²) in [6, 6.07) is 6.81. The van der Waals surface area contributed by atoms with E-state index in [4.69, 9.17) is 28.6 Å². The Balaban J connectivity index is 2.65. The highest BCUT2D eigenvalue weighted by molar-refractivity contribution is 7.98. The number of hydrogen-bond acceptors (Lipinski definition) is 4. The highest BCUT2D eigenvalue weighted by atomic mass is 35.5. The lowest BCUT2D eigenvalue weighted by atomic mass is 10.2. The molecule has 0 bridgehead atoms. The molecule has 1 atom stereocenters. The highest BCUT2D eigenvalue weighted by Crippen LogP contribution is 2.20. The van der Waals surface area contributed by atoms with E-state index in [1.165, 1.54) is 0 Å². The quantitative estimate of drug-likeness (QED) is 0.571. The molecule has 0 aliphatic carbocycles. The third-order valence-electron chi connectivity index (χ3n) is 2.67. The number of esters is 1. The van der Waals surface area contributed by atoms with Crippen molar-refractivity contribution in [2.24, 2.45) is 0 Å². The number of hydrogen-bond donors (Lipinski definition) is 2. The number of para-hydroxylation sites is 1. The van der Waals surface area contributed by atoms with Crippen molar-refractivity contribution in [2.75, 3.05) is 17.3 Å². The molecule has 0 heterocycles. The maximum Gasteiger partial charge on any atom is 0.328 e. The molecule has 1 rings (SSSR count). The van der Waals surface area contributed by atoms with Crippen molar-refractivity contribution in [3.05, 3.63) is 29.3 Å². The first-order chi connectivity index (χ1) is 10.4. The summed E-state index contributed by atoms with van der Waals surface area (Å²) in [5.74, 6) is 0.534. The number of thiocarbonyl (C=S) groups is 1. The number of halogens is 1. The maximum absolute atomic E-state index is 12.1. The number of benzene rings is 1. The van der Waals surface area contributed by atoms with E-state index in [1.54, 1.807) is 17.8 Å². The molecule has 122 valence electrons. The number of carbonyl (C=O) groups is 1. The Hall–Kier alpha value is -0.980. The second-order valence-electron chi connectivity index (χ2n) is 4.90. The summed E-state index contributed by atoms with van der Waals surface area (Å²) in [7, 11) is 0. The highest BCUT2D eigenvalue weighted by Gasteiger charge is 2.21.